The zero-order valence-corrected chi connectivity index (χ0v) is 11.5. The summed E-state index contributed by atoms with van der Waals surface area (Å²) in [7, 11) is -3.47. The number of hydrogen-bond acceptors (Lipinski definition) is 4. The molecular weight excluding hydrogens is 264 g/mol. The van der Waals surface area contributed by atoms with Crippen molar-refractivity contribution < 1.29 is 13.5 Å². The molecule has 5 nitrogen and oxygen atoms in total. The predicted octanol–water partition coefficient (Wildman–Crippen LogP) is 0.861. The van der Waals surface area contributed by atoms with E-state index in [9.17, 15) is 13.5 Å². The van der Waals surface area contributed by atoms with E-state index in [2.05, 4.69) is 4.90 Å². The van der Waals surface area contributed by atoms with Gasteiger partial charge in [0.15, 0.2) is 0 Å². The number of aromatic hydroxyl groups is 1. The Bertz CT molecular complexity index is 561. The number of sulfonamides is 1. The molecule has 1 aromatic carbocycles. The molecule has 6 heteroatoms. The molecule has 1 aliphatic heterocycles. The monoisotopic (exact) mass is 282 g/mol. The second-order valence-electron chi connectivity index (χ2n) is 5.17. The Morgan fingerprint density at radius 3 is 2.37 bits per heavy atom. The highest BCUT2D eigenvalue weighted by molar-refractivity contribution is 7.89. The molecule has 0 atom stereocenters. The first-order valence-electron chi connectivity index (χ1n) is 6.60. The van der Waals surface area contributed by atoms with E-state index >= 15 is 0 Å². The van der Waals surface area contributed by atoms with Crippen molar-refractivity contribution >= 4 is 10.0 Å². The summed E-state index contributed by atoms with van der Waals surface area (Å²) in [6.07, 6.45) is 2.50. The number of phenolic OH excluding ortho intramolecular Hbond substituents is 1. The molecule has 1 N–H and O–H groups in total. The van der Waals surface area contributed by atoms with Gasteiger partial charge in [0.2, 0.25) is 10.0 Å². The largest absolute Gasteiger partial charge is 0.508 e. The summed E-state index contributed by atoms with van der Waals surface area (Å²) < 4.78 is 26.4. The van der Waals surface area contributed by atoms with Gasteiger partial charge in [-0.15, -0.1) is 0 Å². The van der Waals surface area contributed by atoms with Gasteiger partial charge in [0.1, 0.15) is 5.75 Å². The molecule has 1 saturated heterocycles. The smallest absolute Gasteiger partial charge is 0.243 e. The van der Waals surface area contributed by atoms with Gasteiger partial charge in [-0.2, -0.15) is 4.31 Å². The number of phenols is 1. The zero-order chi connectivity index (χ0) is 13.5. The molecule has 0 radical (unpaired) electrons. The van der Waals surface area contributed by atoms with Gasteiger partial charge in [-0.3, -0.25) is 4.90 Å². The molecule has 19 heavy (non-hydrogen) atoms. The summed E-state index contributed by atoms with van der Waals surface area (Å²) in [5.41, 5.74) is 0. The van der Waals surface area contributed by atoms with Crippen LogP contribution in [0, 0.1) is 0 Å². The third kappa shape index (κ3) is 2.61. The van der Waals surface area contributed by atoms with E-state index in [1.807, 2.05) is 0 Å². The normalized spacial score (nSPS) is 22.5. The Kier molecular flexibility index (Phi) is 3.24. The zero-order valence-electron chi connectivity index (χ0n) is 10.7. The fourth-order valence-electron chi connectivity index (χ4n) is 2.54. The number of benzene rings is 1. The van der Waals surface area contributed by atoms with Crippen LogP contribution in [0.3, 0.4) is 0 Å². The quantitative estimate of drug-likeness (QED) is 0.893. The van der Waals surface area contributed by atoms with Gasteiger partial charge < -0.3 is 5.11 Å². The van der Waals surface area contributed by atoms with E-state index in [1.54, 1.807) is 6.07 Å². The van der Waals surface area contributed by atoms with E-state index in [0.29, 0.717) is 19.1 Å². The Morgan fingerprint density at radius 2 is 1.79 bits per heavy atom. The highest BCUT2D eigenvalue weighted by Gasteiger charge is 2.34. The summed E-state index contributed by atoms with van der Waals surface area (Å²) in [5.74, 6) is -0.0160. The topological polar surface area (TPSA) is 60.9 Å². The van der Waals surface area contributed by atoms with Gasteiger partial charge in [-0.25, -0.2) is 8.42 Å². The van der Waals surface area contributed by atoms with Crippen LogP contribution in [0.5, 0.6) is 5.75 Å². The van der Waals surface area contributed by atoms with Crippen LogP contribution in [0.1, 0.15) is 12.8 Å². The van der Waals surface area contributed by atoms with Gasteiger partial charge in [0.05, 0.1) is 4.90 Å². The minimum Gasteiger partial charge on any atom is -0.508 e. The molecular formula is C13H18N2O3S. The molecule has 1 saturated carbocycles. The van der Waals surface area contributed by atoms with Crippen molar-refractivity contribution in [3.05, 3.63) is 24.3 Å². The Hall–Kier alpha value is -1.11. The molecule has 2 fully saturated rings. The average molecular weight is 282 g/mol. The summed E-state index contributed by atoms with van der Waals surface area (Å²) in [4.78, 5) is 2.54. The number of piperazine rings is 1. The maximum atomic E-state index is 12.4. The molecule has 0 amide bonds. The highest BCUT2D eigenvalue weighted by atomic mass is 32.2. The minimum atomic E-state index is -3.47. The van der Waals surface area contributed by atoms with Crippen LogP contribution in [0.4, 0.5) is 0 Å². The maximum Gasteiger partial charge on any atom is 0.243 e. The molecule has 0 aromatic heterocycles. The van der Waals surface area contributed by atoms with Gasteiger partial charge in [-0.05, 0) is 31.0 Å². The molecule has 104 valence electrons. The molecule has 0 unspecified atom stereocenters. The Labute approximate surface area is 113 Å². The fourth-order valence-corrected chi connectivity index (χ4v) is 4.00. The lowest BCUT2D eigenvalue weighted by atomic mass is 10.3. The lowest BCUT2D eigenvalue weighted by Crippen LogP contribution is -2.49. The van der Waals surface area contributed by atoms with Crippen LogP contribution in [0.25, 0.3) is 0 Å². The van der Waals surface area contributed by atoms with Crippen molar-refractivity contribution in [1.82, 2.24) is 9.21 Å². The fraction of sp³-hybridized carbons (Fsp3) is 0.538. The second kappa shape index (κ2) is 4.77. The molecule has 0 spiro atoms. The third-order valence-corrected chi connectivity index (χ3v) is 5.69. The summed E-state index contributed by atoms with van der Waals surface area (Å²) >= 11 is 0. The van der Waals surface area contributed by atoms with Gasteiger partial charge in [0, 0.05) is 32.2 Å². The Morgan fingerprint density at radius 1 is 1.11 bits per heavy atom. The van der Waals surface area contributed by atoms with E-state index in [0.717, 1.165) is 13.1 Å². The first-order valence-corrected chi connectivity index (χ1v) is 8.04. The van der Waals surface area contributed by atoms with Crippen LogP contribution in [0.15, 0.2) is 29.2 Å². The van der Waals surface area contributed by atoms with E-state index in [1.165, 1.54) is 35.3 Å². The van der Waals surface area contributed by atoms with E-state index < -0.39 is 10.0 Å². The minimum absolute atomic E-state index is 0.0160. The molecule has 0 bridgehead atoms. The van der Waals surface area contributed by atoms with E-state index in [4.69, 9.17) is 0 Å². The maximum absolute atomic E-state index is 12.4. The number of rotatable bonds is 3. The molecule has 1 heterocycles. The standard InChI is InChI=1S/C13H18N2O3S/c16-12-2-1-3-13(10-12)19(17,18)15-8-6-14(7-9-15)11-4-5-11/h1-3,10-11,16H,4-9H2. The summed E-state index contributed by atoms with van der Waals surface area (Å²) in [5, 5.41) is 9.41. The SMILES string of the molecule is O=S(=O)(c1cccc(O)c1)N1CCN(C2CC2)CC1. The lowest BCUT2D eigenvalue weighted by molar-refractivity contribution is 0.180. The molecule has 2 aliphatic rings. The van der Waals surface area contributed by atoms with E-state index in [-0.39, 0.29) is 10.6 Å². The average Bonchev–Trinajstić information content (AvgIpc) is 3.23. The van der Waals surface area contributed by atoms with Crippen LogP contribution >= 0.6 is 0 Å². The van der Waals surface area contributed by atoms with Crippen molar-refractivity contribution in [1.29, 1.82) is 0 Å². The van der Waals surface area contributed by atoms with Crippen LogP contribution in [0.2, 0.25) is 0 Å². The number of hydrogen-bond donors (Lipinski definition) is 1. The van der Waals surface area contributed by atoms with Crippen molar-refractivity contribution in [2.24, 2.45) is 0 Å². The summed E-state index contributed by atoms with van der Waals surface area (Å²) in [6.45, 7) is 2.69. The molecule has 3 rings (SSSR count). The van der Waals surface area contributed by atoms with Crippen LogP contribution in [-0.2, 0) is 10.0 Å². The van der Waals surface area contributed by atoms with Crippen molar-refractivity contribution in [2.75, 3.05) is 26.2 Å². The Balaban J connectivity index is 1.74. The number of nitrogens with zero attached hydrogens (tertiary/aromatic N) is 2. The highest BCUT2D eigenvalue weighted by Crippen LogP contribution is 2.28. The predicted molar refractivity (Wildman–Crippen MR) is 71.5 cm³/mol. The third-order valence-electron chi connectivity index (χ3n) is 3.79. The van der Waals surface area contributed by atoms with Crippen molar-refractivity contribution in [2.45, 2.75) is 23.8 Å². The van der Waals surface area contributed by atoms with Gasteiger partial charge >= 0.3 is 0 Å². The lowest BCUT2D eigenvalue weighted by Gasteiger charge is -2.34. The van der Waals surface area contributed by atoms with Crippen LogP contribution < -0.4 is 0 Å². The van der Waals surface area contributed by atoms with Crippen LogP contribution in [-0.4, -0.2) is 55.0 Å². The second-order valence-corrected chi connectivity index (χ2v) is 7.11. The van der Waals surface area contributed by atoms with Gasteiger partial charge in [-0.1, -0.05) is 6.07 Å². The van der Waals surface area contributed by atoms with Gasteiger partial charge in [0.25, 0.3) is 0 Å². The first-order chi connectivity index (χ1) is 9.07. The van der Waals surface area contributed by atoms with Crippen molar-refractivity contribution in [3.8, 4) is 5.75 Å². The van der Waals surface area contributed by atoms with Crippen molar-refractivity contribution in [3.63, 3.8) is 0 Å². The summed E-state index contributed by atoms with van der Waals surface area (Å²) in [6, 6.07) is 6.56. The molecule has 1 aliphatic carbocycles. The first kappa shape index (κ1) is 12.9. The molecule has 1 aromatic rings.